The summed E-state index contributed by atoms with van der Waals surface area (Å²) in [6.45, 7) is 8.64. The molecule has 2 N–H and O–H groups in total. The fraction of sp³-hybridized carbons (Fsp3) is 1.00. The SMILES string of the molecule is CC1(C)CN(CC2CCCC(N)C2)CCO1. The van der Waals surface area contributed by atoms with Crippen molar-refractivity contribution in [2.75, 3.05) is 26.2 Å². The van der Waals surface area contributed by atoms with Crippen LogP contribution in [0.15, 0.2) is 0 Å². The molecule has 1 aliphatic heterocycles. The van der Waals surface area contributed by atoms with Crippen LogP contribution in [-0.2, 0) is 4.74 Å². The molecule has 2 rings (SSSR count). The third-order valence-electron chi connectivity index (χ3n) is 3.84. The molecule has 0 radical (unpaired) electrons. The maximum Gasteiger partial charge on any atom is 0.0753 e. The van der Waals surface area contributed by atoms with Gasteiger partial charge >= 0.3 is 0 Å². The van der Waals surface area contributed by atoms with E-state index >= 15 is 0 Å². The molecule has 0 spiro atoms. The van der Waals surface area contributed by atoms with Crippen LogP contribution in [0.25, 0.3) is 0 Å². The van der Waals surface area contributed by atoms with Gasteiger partial charge in [-0.2, -0.15) is 0 Å². The molecular formula is C13H26N2O. The summed E-state index contributed by atoms with van der Waals surface area (Å²) in [7, 11) is 0. The number of morpholine rings is 1. The Morgan fingerprint density at radius 1 is 1.38 bits per heavy atom. The van der Waals surface area contributed by atoms with Gasteiger partial charge in [0.05, 0.1) is 12.2 Å². The van der Waals surface area contributed by atoms with Crippen molar-refractivity contribution < 1.29 is 4.74 Å². The highest BCUT2D eigenvalue weighted by molar-refractivity contribution is 4.83. The first-order chi connectivity index (χ1) is 7.55. The molecule has 0 aromatic heterocycles. The van der Waals surface area contributed by atoms with E-state index in [2.05, 4.69) is 18.7 Å². The molecule has 3 nitrogen and oxygen atoms in total. The van der Waals surface area contributed by atoms with Crippen molar-refractivity contribution in [1.29, 1.82) is 0 Å². The Kier molecular flexibility index (Phi) is 3.88. The van der Waals surface area contributed by atoms with Crippen LogP contribution in [0.2, 0.25) is 0 Å². The van der Waals surface area contributed by atoms with Gasteiger partial charge in [-0.15, -0.1) is 0 Å². The Morgan fingerprint density at radius 2 is 2.19 bits per heavy atom. The van der Waals surface area contributed by atoms with Crippen LogP contribution in [0.3, 0.4) is 0 Å². The topological polar surface area (TPSA) is 38.5 Å². The van der Waals surface area contributed by atoms with Crippen LogP contribution in [0.4, 0.5) is 0 Å². The summed E-state index contributed by atoms with van der Waals surface area (Å²) >= 11 is 0. The van der Waals surface area contributed by atoms with E-state index in [1.165, 1.54) is 32.2 Å². The van der Waals surface area contributed by atoms with Crippen molar-refractivity contribution in [2.24, 2.45) is 11.7 Å². The van der Waals surface area contributed by atoms with Gasteiger partial charge in [0, 0.05) is 25.7 Å². The molecule has 2 atom stereocenters. The van der Waals surface area contributed by atoms with E-state index in [0.717, 1.165) is 25.6 Å². The highest BCUT2D eigenvalue weighted by atomic mass is 16.5. The zero-order chi connectivity index (χ0) is 11.6. The number of nitrogens with two attached hydrogens (primary N) is 1. The molecule has 94 valence electrons. The highest BCUT2D eigenvalue weighted by Crippen LogP contribution is 2.25. The minimum atomic E-state index is 0.0367. The molecule has 0 aromatic rings. The lowest BCUT2D eigenvalue weighted by Crippen LogP contribution is -2.50. The maximum atomic E-state index is 6.04. The second-order valence-corrected chi connectivity index (χ2v) is 6.14. The van der Waals surface area contributed by atoms with Crippen LogP contribution >= 0.6 is 0 Å². The summed E-state index contributed by atoms with van der Waals surface area (Å²) < 4.78 is 5.74. The summed E-state index contributed by atoms with van der Waals surface area (Å²) in [5.74, 6) is 0.817. The van der Waals surface area contributed by atoms with Crippen molar-refractivity contribution >= 4 is 0 Å². The fourth-order valence-corrected chi connectivity index (χ4v) is 3.13. The summed E-state index contributed by atoms with van der Waals surface area (Å²) in [4.78, 5) is 2.56. The molecule has 1 aliphatic carbocycles. The van der Waals surface area contributed by atoms with Crippen molar-refractivity contribution in [1.82, 2.24) is 4.90 Å². The third-order valence-corrected chi connectivity index (χ3v) is 3.84. The lowest BCUT2D eigenvalue weighted by molar-refractivity contribution is -0.0899. The van der Waals surface area contributed by atoms with Gasteiger partial charge < -0.3 is 10.5 Å². The minimum absolute atomic E-state index is 0.0367. The van der Waals surface area contributed by atoms with Crippen molar-refractivity contribution in [2.45, 2.75) is 51.2 Å². The summed E-state index contributed by atoms with van der Waals surface area (Å²) in [6.07, 6.45) is 5.13. The van der Waals surface area contributed by atoms with E-state index in [9.17, 15) is 0 Å². The molecule has 2 unspecified atom stereocenters. The molecule has 1 saturated carbocycles. The number of ether oxygens (including phenoxy) is 1. The Bertz CT molecular complexity index is 230. The minimum Gasteiger partial charge on any atom is -0.373 e. The molecule has 1 saturated heterocycles. The van der Waals surface area contributed by atoms with E-state index in [0.29, 0.717) is 6.04 Å². The lowest BCUT2D eigenvalue weighted by atomic mass is 9.85. The van der Waals surface area contributed by atoms with Gasteiger partial charge in [0.2, 0.25) is 0 Å². The van der Waals surface area contributed by atoms with Gasteiger partial charge in [-0.05, 0) is 39.0 Å². The average Bonchev–Trinajstić information content (AvgIpc) is 2.15. The van der Waals surface area contributed by atoms with Crippen LogP contribution < -0.4 is 5.73 Å². The van der Waals surface area contributed by atoms with Crippen molar-refractivity contribution in [3.05, 3.63) is 0 Å². The molecule has 16 heavy (non-hydrogen) atoms. The summed E-state index contributed by atoms with van der Waals surface area (Å²) in [5.41, 5.74) is 6.08. The zero-order valence-electron chi connectivity index (χ0n) is 10.7. The first-order valence-corrected chi connectivity index (χ1v) is 6.67. The van der Waals surface area contributed by atoms with Gasteiger partial charge in [0.25, 0.3) is 0 Å². The lowest BCUT2D eigenvalue weighted by Gasteiger charge is -2.40. The Balaban J connectivity index is 1.80. The normalized spacial score (nSPS) is 36.2. The number of hydrogen-bond acceptors (Lipinski definition) is 3. The van der Waals surface area contributed by atoms with E-state index in [1.807, 2.05) is 0 Å². The quantitative estimate of drug-likeness (QED) is 0.777. The van der Waals surface area contributed by atoms with Gasteiger partial charge in [-0.3, -0.25) is 4.90 Å². The van der Waals surface area contributed by atoms with Crippen molar-refractivity contribution in [3.8, 4) is 0 Å². The number of hydrogen-bond donors (Lipinski definition) is 1. The molecule has 2 fully saturated rings. The fourth-order valence-electron chi connectivity index (χ4n) is 3.13. The van der Waals surface area contributed by atoms with Gasteiger partial charge in [-0.25, -0.2) is 0 Å². The predicted molar refractivity (Wildman–Crippen MR) is 66.4 cm³/mol. The molecule has 0 bridgehead atoms. The second kappa shape index (κ2) is 5.03. The highest BCUT2D eigenvalue weighted by Gasteiger charge is 2.29. The summed E-state index contributed by atoms with van der Waals surface area (Å²) in [5, 5.41) is 0. The number of rotatable bonds is 2. The summed E-state index contributed by atoms with van der Waals surface area (Å²) in [6, 6.07) is 0.452. The maximum absolute atomic E-state index is 6.04. The van der Waals surface area contributed by atoms with E-state index in [-0.39, 0.29) is 5.60 Å². The van der Waals surface area contributed by atoms with Gasteiger partial charge in [0.15, 0.2) is 0 Å². The van der Waals surface area contributed by atoms with Crippen LogP contribution in [-0.4, -0.2) is 42.8 Å². The largest absolute Gasteiger partial charge is 0.373 e. The molecule has 0 aromatic carbocycles. The predicted octanol–water partition coefficient (Wildman–Crippen LogP) is 1.61. The zero-order valence-corrected chi connectivity index (χ0v) is 10.7. The monoisotopic (exact) mass is 226 g/mol. The Morgan fingerprint density at radius 3 is 2.88 bits per heavy atom. The van der Waals surface area contributed by atoms with E-state index in [4.69, 9.17) is 10.5 Å². The molecule has 1 heterocycles. The first kappa shape index (κ1) is 12.3. The average molecular weight is 226 g/mol. The molecule has 3 heteroatoms. The Labute approximate surface area is 99.3 Å². The molecular weight excluding hydrogens is 200 g/mol. The standard InChI is InChI=1S/C13H26N2O/c1-13(2)10-15(6-7-16-13)9-11-4-3-5-12(14)8-11/h11-12H,3-10,14H2,1-2H3. The van der Waals surface area contributed by atoms with Crippen molar-refractivity contribution in [3.63, 3.8) is 0 Å². The third kappa shape index (κ3) is 3.44. The number of nitrogens with zero attached hydrogens (tertiary/aromatic N) is 1. The van der Waals surface area contributed by atoms with Gasteiger partial charge in [0.1, 0.15) is 0 Å². The second-order valence-electron chi connectivity index (χ2n) is 6.14. The smallest absolute Gasteiger partial charge is 0.0753 e. The first-order valence-electron chi connectivity index (χ1n) is 6.67. The Hall–Kier alpha value is -0.120. The molecule has 0 amide bonds. The molecule has 2 aliphatic rings. The van der Waals surface area contributed by atoms with E-state index in [1.54, 1.807) is 0 Å². The van der Waals surface area contributed by atoms with Crippen LogP contribution in [0, 0.1) is 5.92 Å². The van der Waals surface area contributed by atoms with E-state index < -0.39 is 0 Å². The van der Waals surface area contributed by atoms with Crippen LogP contribution in [0.1, 0.15) is 39.5 Å². The van der Waals surface area contributed by atoms with Crippen LogP contribution in [0.5, 0.6) is 0 Å². The van der Waals surface area contributed by atoms with Gasteiger partial charge in [-0.1, -0.05) is 6.42 Å².